The second kappa shape index (κ2) is 6.67. The van der Waals surface area contributed by atoms with Gasteiger partial charge in [-0.1, -0.05) is 18.2 Å². The lowest BCUT2D eigenvalue weighted by Gasteiger charge is -2.26. The minimum atomic E-state index is -0.170. The molecule has 1 aliphatic heterocycles. The summed E-state index contributed by atoms with van der Waals surface area (Å²) in [5.74, 6) is 0.595. The van der Waals surface area contributed by atoms with Crippen LogP contribution in [0.2, 0.25) is 0 Å². The molecule has 2 aliphatic rings. The van der Waals surface area contributed by atoms with Crippen LogP contribution < -0.4 is 5.56 Å². The van der Waals surface area contributed by atoms with Gasteiger partial charge in [-0.25, -0.2) is 4.98 Å². The van der Waals surface area contributed by atoms with Crippen molar-refractivity contribution in [2.75, 3.05) is 13.1 Å². The molecule has 2 aromatic rings. The fraction of sp³-hybridized carbons (Fsp3) is 0.350. The highest BCUT2D eigenvalue weighted by Gasteiger charge is 2.19. The van der Waals surface area contributed by atoms with Crippen LogP contribution in [-0.4, -0.2) is 33.9 Å². The summed E-state index contributed by atoms with van der Waals surface area (Å²) in [4.78, 5) is 34.4. The van der Waals surface area contributed by atoms with Crippen molar-refractivity contribution < 1.29 is 4.79 Å². The predicted molar refractivity (Wildman–Crippen MR) is 98.5 cm³/mol. The zero-order valence-electron chi connectivity index (χ0n) is 14.1. The maximum Gasteiger partial charge on any atom is 0.259 e. The van der Waals surface area contributed by atoms with E-state index in [-0.39, 0.29) is 11.5 Å². The van der Waals surface area contributed by atoms with Crippen LogP contribution in [0.25, 0.3) is 16.5 Å². The molecule has 1 saturated heterocycles. The van der Waals surface area contributed by atoms with Gasteiger partial charge in [0.15, 0.2) is 0 Å². The Morgan fingerprint density at radius 3 is 2.72 bits per heavy atom. The van der Waals surface area contributed by atoms with Gasteiger partial charge in [-0.2, -0.15) is 0 Å². The molecule has 0 bridgehead atoms. The van der Waals surface area contributed by atoms with E-state index in [0.29, 0.717) is 22.3 Å². The van der Waals surface area contributed by atoms with Gasteiger partial charge in [-0.15, -0.1) is 0 Å². The fourth-order valence-corrected chi connectivity index (χ4v) is 3.48. The lowest BCUT2D eigenvalue weighted by Crippen LogP contribution is -2.35. The van der Waals surface area contributed by atoms with E-state index in [1.807, 2.05) is 11.0 Å². The summed E-state index contributed by atoms with van der Waals surface area (Å²) in [7, 11) is 0. The molecule has 4 rings (SSSR count). The van der Waals surface area contributed by atoms with E-state index >= 15 is 0 Å². The number of hydrogen-bond acceptors (Lipinski definition) is 3. The van der Waals surface area contributed by atoms with Crippen LogP contribution >= 0.6 is 0 Å². The van der Waals surface area contributed by atoms with Crippen molar-refractivity contribution in [1.82, 2.24) is 14.9 Å². The molecule has 0 radical (unpaired) electrons. The maximum atomic E-state index is 12.7. The van der Waals surface area contributed by atoms with Crippen LogP contribution in [0, 0.1) is 0 Å². The molecular formula is C20H21N3O2. The number of likely N-dealkylation sites (tertiary alicyclic amines) is 1. The summed E-state index contributed by atoms with van der Waals surface area (Å²) in [5.41, 5.74) is 1.93. The number of fused-ring (bicyclic) bond motifs is 1. The molecule has 25 heavy (non-hydrogen) atoms. The minimum absolute atomic E-state index is 0.0296. The Hall–Kier alpha value is -2.69. The van der Waals surface area contributed by atoms with Gasteiger partial charge < -0.3 is 9.88 Å². The first-order chi connectivity index (χ1) is 12.2. The summed E-state index contributed by atoms with van der Waals surface area (Å²) < 4.78 is 0. The first kappa shape index (κ1) is 15.8. The average Bonchev–Trinajstić information content (AvgIpc) is 2.68. The molecule has 2 heterocycles. The number of piperidine rings is 1. The van der Waals surface area contributed by atoms with Crippen LogP contribution in [0.4, 0.5) is 0 Å². The Labute approximate surface area is 146 Å². The van der Waals surface area contributed by atoms with E-state index in [9.17, 15) is 9.59 Å². The summed E-state index contributed by atoms with van der Waals surface area (Å²) in [6.07, 6.45) is 11.4. The monoisotopic (exact) mass is 335 g/mol. The Bertz CT molecular complexity index is 934. The van der Waals surface area contributed by atoms with Crippen molar-refractivity contribution in [3.8, 4) is 0 Å². The van der Waals surface area contributed by atoms with Gasteiger partial charge in [0.25, 0.3) is 11.5 Å². The molecule has 1 fully saturated rings. The van der Waals surface area contributed by atoms with E-state index in [0.717, 1.165) is 44.3 Å². The SMILES string of the molecule is O=C(c1ccc2c(=O)[nH]c(C3=CCCC=C3)nc2c1)N1CCCCC1. The highest BCUT2D eigenvalue weighted by molar-refractivity contribution is 5.97. The van der Waals surface area contributed by atoms with E-state index in [4.69, 9.17) is 0 Å². The van der Waals surface area contributed by atoms with Crippen molar-refractivity contribution in [1.29, 1.82) is 0 Å². The number of nitrogens with one attached hydrogen (secondary N) is 1. The molecule has 128 valence electrons. The Morgan fingerprint density at radius 1 is 1.12 bits per heavy atom. The van der Waals surface area contributed by atoms with Gasteiger partial charge in [0, 0.05) is 24.2 Å². The number of carbonyl (C=O) groups excluding carboxylic acids is 1. The number of aromatic nitrogens is 2. The smallest absolute Gasteiger partial charge is 0.259 e. The molecule has 0 atom stereocenters. The van der Waals surface area contributed by atoms with Crippen LogP contribution in [0.3, 0.4) is 0 Å². The van der Waals surface area contributed by atoms with Crippen molar-refractivity contribution in [3.05, 3.63) is 58.2 Å². The molecule has 1 aromatic heterocycles. The molecule has 1 amide bonds. The third kappa shape index (κ3) is 3.14. The third-order valence-corrected chi connectivity index (χ3v) is 4.87. The quantitative estimate of drug-likeness (QED) is 0.916. The maximum absolute atomic E-state index is 12.7. The van der Waals surface area contributed by atoms with Gasteiger partial charge in [0.2, 0.25) is 0 Å². The number of aromatic amines is 1. The number of H-pyrrole nitrogens is 1. The fourth-order valence-electron chi connectivity index (χ4n) is 3.48. The molecule has 0 saturated carbocycles. The van der Waals surface area contributed by atoms with Gasteiger partial charge in [0.05, 0.1) is 10.9 Å². The second-order valence-corrected chi connectivity index (χ2v) is 6.64. The third-order valence-electron chi connectivity index (χ3n) is 4.87. The van der Waals surface area contributed by atoms with Gasteiger partial charge in [0.1, 0.15) is 5.82 Å². The zero-order valence-corrected chi connectivity index (χ0v) is 14.1. The number of amides is 1. The van der Waals surface area contributed by atoms with Gasteiger partial charge in [-0.05, 0) is 50.3 Å². The molecule has 1 N–H and O–H groups in total. The standard InChI is InChI=1S/C20H21N3O2/c24-19-16-10-9-15(20(25)23-11-5-2-6-12-23)13-17(16)21-18(22-19)14-7-3-1-4-8-14/h3,7-10,13H,1-2,4-6,11-12H2,(H,21,22,24). The number of benzene rings is 1. The Kier molecular flexibility index (Phi) is 4.22. The zero-order chi connectivity index (χ0) is 17.2. The molecule has 1 aromatic carbocycles. The molecule has 1 aliphatic carbocycles. The van der Waals surface area contributed by atoms with Crippen LogP contribution in [0.15, 0.2) is 41.2 Å². The van der Waals surface area contributed by atoms with Crippen LogP contribution in [-0.2, 0) is 0 Å². The van der Waals surface area contributed by atoms with Crippen molar-refractivity contribution in [2.24, 2.45) is 0 Å². The lowest BCUT2D eigenvalue weighted by molar-refractivity contribution is 0.0724. The molecule has 0 unspecified atom stereocenters. The first-order valence-electron chi connectivity index (χ1n) is 8.93. The van der Waals surface area contributed by atoms with E-state index in [1.54, 1.807) is 18.2 Å². The van der Waals surface area contributed by atoms with E-state index in [2.05, 4.69) is 22.1 Å². The number of allylic oxidation sites excluding steroid dienone is 4. The summed E-state index contributed by atoms with van der Waals surface area (Å²) in [6.45, 7) is 1.62. The molecule has 5 nitrogen and oxygen atoms in total. The summed E-state index contributed by atoms with van der Waals surface area (Å²) in [6, 6.07) is 5.18. The second-order valence-electron chi connectivity index (χ2n) is 6.64. The number of carbonyl (C=O) groups is 1. The summed E-state index contributed by atoms with van der Waals surface area (Å²) in [5, 5.41) is 0.513. The number of nitrogens with zero attached hydrogens (tertiary/aromatic N) is 2. The Morgan fingerprint density at radius 2 is 1.96 bits per heavy atom. The van der Waals surface area contributed by atoms with E-state index < -0.39 is 0 Å². The molecular weight excluding hydrogens is 314 g/mol. The highest BCUT2D eigenvalue weighted by Crippen LogP contribution is 2.20. The summed E-state index contributed by atoms with van der Waals surface area (Å²) >= 11 is 0. The lowest BCUT2D eigenvalue weighted by atomic mass is 10.1. The van der Waals surface area contributed by atoms with Crippen LogP contribution in [0.1, 0.15) is 48.3 Å². The number of rotatable bonds is 2. The average molecular weight is 335 g/mol. The van der Waals surface area contributed by atoms with Crippen molar-refractivity contribution in [3.63, 3.8) is 0 Å². The topological polar surface area (TPSA) is 66.1 Å². The van der Waals surface area contributed by atoms with E-state index in [1.165, 1.54) is 6.42 Å². The van der Waals surface area contributed by atoms with Crippen molar-refractivity contribution in [2.45, 2.75) is 32.1 Å². The predicted octanol–water partition coefficient (Wildman–Crippen LogP) is 3.28. The molecule has 5 heteroatoms. The van der Waals surface area contributed by atoms with Gasteiger partial charge >= 0.3 is 0 Å². The largest absolute Gasteiger partial charge is 0.339 e. The minimum Gasteiger partial charge on any atom is -0.339 e. The van der Waals surface area contributed by atoms with Crippen molar-refractivity contribution >= 4 is 22.4 Å². The number of hydrogen-bond donors (Lipinski definition) is 1. The first-order valence-corrected chi connectivity index (χ1v) is 8.93. The van der Waals surface area contributed by atoms with Crippen LogP contribution in [0.5, 0.6) is 0 Å². The Balaban J connectivity index is 1.73. The highest BCUT2D eigenvalue weighted by atomic mass is 16.2. The normalized spacial score (nSPS) is 17.6. The van der Waals surface area contributed by atoms with Gasteiger partial charge in [-0.3, -0.25) is 9.59 Å². The molecule has 0 spiro atoms.